The molecule has 0 spiro atoms. The lowest BCUT2D eigenvalue weighted by Gasteiger charge is -2.09. The van der Waals surface area contributed by atoms with E-state index in [1.54, 1.807) is 7.05 Å². The molecule has 0 unspecified atom stereocenters. The lowest BCUT2D eigenvalue weighted by Crippen LogP contribution is -2.38. The highest BCUT2D eigenvalue weighted by molar-refractivity contribution is 5.78. The van der Waals surface area contributed by atoms with Crippen LogP contribution in [0.2, 0.25) is 0 Å². The minimum Gasteiger partial charge on any atom is -0.354 e. The van der Waals surface area contributed by atoms with Crippen LogP contribution in [0.3, 0.4) is 0 Å². The first-order chi connectivity index (χ1) is 13.3. The minimum atomic E-state index is -0.464. The van der Waals surface area contributed by atoms with E-state index in [1.807, 2.05) is 0 Å². The summed E-state index contributed by atoms with van der Waals surface area (Å²) in [5.41, 5.74) is 2.04. The number of aryl methyl sites for hydroxylation is 1. The van der Waals surface area contributed by atoms with Crippen molar-refractivity contribution in [1.29, 1.82) is 0 Å². The molecule has 0 aliphatic heterocycles. The number of carbonyl (C=O) groups is 1. The van der Waals surface area contributed by atoms with Gasteiger partial charge >= 0.3 is 5.69 Å². The predicted octanol–water partition coefficient (Wildman–Crippen LogP) is 0.916. The van der Waals surface area contributed by atoms with Gasteiger partial charge in [0.15, 0.2) is 11.2 Å². The quantitative estimate of drug-likeness (QED) is 0.685. The fraction of sp³-hybridized carbons (Fsp3) is 0.400. The number of benzene rings is 1. The largest absolute Gasteiger partial charge is 0.354 e. The van der Waals surface area contributed by atoms with Gasteiger partial charge in [0, 0.05) is 20.6 Å². The normalized spacial score (nSPS) is 11.3. The molecule has 0 fully saturated rings. The fourth-order valence-electron chi connectivity index (χ4n) is 3.14. The maximum Gasteiger partial charge on any atom is 0.332 e. The Morgan fingerprint density at radius 1 is 1.11 bits per heavy atom. The van der Waals surface area contributed by atoms with Crippen molar-refractivity contribution in [2.24, 2.45) is 14.1 Å². The van der Waals surface area contributed by atoms with Crippen molar-refractivity contribution in [3.63, 3.8) is 0 Å². The molecule has 0 atom stereocenters. The van der Waals surface area contributed by atoms with Crippen molar-refractivity contribution < 1.29 is 4.79 Å². The second-order valence-electron chi connectivity index (χ2n) is 7.25. The lowest BCUT2D eigenvalue weighted by atomic mass is 10.0. The SMILES string of the molecule is CC(C)c1ccc(CCNC(=O)Cn2cnc3c2c(=O)n(C)c(=O)n3C)cc1. The summed E-state index contributed by atoms with van der Waals surface area (Å²) in [5.74, 6) is 0.278. The Balaban J connectivity index is 1.65. The van der Waals surface area contributed by atoms with E-state index in [0.717, 1.165) is 16.6 Å². The Labute approximate surface area is 162 Å². The highest BCUT2D eigenvalue weighted by Gasteiger charge is 2.15. The third-order valence-corrected chi connectivity index (χ3v) is 4.91. The number of aromatic nitrogens is 4. The Hall–Kier alpha value is -3.16. The van der Waals surface area contributed by atoms with Gasteiger partial charge < -0.3 is 9.88 Å². The third kappa shape index (κ3) is 3.76. The highest BCUT2D eigenvalue weighted by atomic mass is 16.2. The first-order valence-electron chi connectivity index (χ1n) is 9.26. The molecule has 0 radical (unpaired) electrons. The first-order valence-corrected chi connectivity index (χ1v) is 9.26. The first kappa shape index (κ1) is 19.6. The van der Waals surface area contributed by atoms with E-state index >= 15 is 0 Å². The predicted molar refractivity (Wildman–Crippen MR) is 107 cm³/mol. The summed E-state index contributed by atoms with van der Waals surface area (Å²) >= 11 is 0. The molecule has 0 bridgehead atoms. The molecular formula is C20H25N5O3. The molecule has 8 nitrogen and oxygen atoms in total. The van der Waals surface area contributed by atoms with E-state index in [4.69, 9.17) is 0 Å². The molecule has 148 valence electrons. The molecule has 1 amide bonds. The molecule has 0 saturated heterocycles. The van der Waals surface area contributed by atoms with E-state index in [0.29, 0.717) is 12.5 Å². The van der Waals surface area contributed by atoms with Crippen molar-refractivity contribution in [3.8, 4) is 0 Å². The van der Waals surface area contributed by atoms with Crippen LogP contribution in [0.4, 0.5) is 0 Å². The highest BCUT2D eigenvalue weighted by Crippen LogP contribution is 2.14. The van der Waals surface area contributed by atoms with E-state index in [9.17, 15) is 14.4 Å². The van der Waals surface area contributed by atoms with Crippen LogP contribution < -0.4 is 16.6 Å². The number of imidazole rings is 1. The molecule has 3 aromatic rings. The number of amides is 1. The van der Waals surface area contributed by atoms with E-state index in [-0.39, 0.29) is 23.6 Å². The Bertz CT molecular complexity index is 1120. The standard InChI is InChI=1S/C20H25N5O3/c1-13(2)15-7-5-14(6-8-15)9-10-21-16(26)11-25-12-22-18-17(25)19(27)24(4)20(28)23(18)3/h5-8,12-13H,9-11H2,1-4H3,(H,21,26). The van der Waals surface area contributed by atoms with Crippen LogP contribution in [0.15, 0.2) is 40.2 Å². The van der Waals surface area contributed by atoms with Crippen molar-refractivity contribution in [3.05, 3.63) is 62.6 Å². The second-order valence-corrected chi connectivity index (χ2v) is 7.25. The van der Waals surface area contributed by atoms with Gasteiger partial charge in [-0.15, -0.1) is 0 Å². The van der Waals surface area contributed by atoms with Crippen LogP contribution >= 0.6 is 0 Å². The van der Waals surface area contributed by atoms with Crippen molar-refractivity contribution in [2.45, 2.75) is 32.7 Å². The molecule has 3 rings (SSSR count). The Morgan fingerprint density at radius 3 is 2.43 bits per heavy atom. The number of fused-ring (bicyclic) bond motifs is 1. The summed E-state index contributed by atoms with van der Waals surface area (Å²) in [4.78, 5) is 40.8. The molecule has 1 aromatic carbocycles. The van der Waals surface area contributed by atoms with E-state index < -0.39 is 11.2 Å². The van der Waals surface area contributed by atoms with Gasteiger partial charge in [-0.1, -0.05) is 38.1 Å². The zero-order chi connectivity index (χ0) is 20.4. The monoisotopic (exact) mass is 383 g/mol. The van der Waals surface area contributed by atoms with Gasteiger partial charge in [0.25, 0.3) is 5.56 Å². The van der Waals surface area contributed by atoms with Crippen LogP contribution in [0.5, 0.6) is 0 Å². The molecule has 1 N–H and O–H groups in total. The number of nitrogens with one attached hydrogen (secondary N) is 1. The number of carbonyl (C=O) groups excluding carboxylic acids is 1. The summed E-state index contributed by atoms with van der Waals surface area (Å²) in [6, 6.07) is 8.38. The topological polar surface area (TPSA) is 90.9 Å². The smallest absolute Gasteiger partial charge is 0.332 e. The van der Waals surface area contributed by atoms with Gasteiger partial charge in [-0.3, -0.25) is 18.7 Å². The number of nitrogens with zero attached hydrogens (tertiary/aromatic N) is 4. The summed E-state index contributed by atoms with van der Waals surface area (Å²) in [6.07, 6.45) is 2.14. The summed E-state index contributed by atoms with van der Waals surface area (Å²) in [5, 5.41) is 2.87. The second kappa shape index (κ2) is 7.84. The molecule has 0 aliphatic rings. The van der Waals surface area contributed by atoms with Crippen LogP contribution in [0, 0.1) is 0 Å². The molecule has 2 aromatic heterocycles. The van der Waals surface area contributed by atoms with Crippen molar-refractivity contribution in [1.82, 2.24) is 24.0 Å². The zero-order valence-corrected chi connectivity index (χ0v) is 16.6. The number of rotatable bonds is 6. The van der Waals surface area contributed by atoms with Gasteiger partial charge in [0.2, 0.25) is 5.91 Å². The molecule has 28 heavy (non-hydrogen) atoms. The van der Waals surface area contributed by atoms with E-state index in [2.05, 4.69) is 48.4 Å². The van der Waals surface area contributed by atoms with E-state index in [1.165, 1.54) is 28.1 Å². The molecule has 0 saturated carbocycles. The zero-order valence-electron chi connectivity index (χ0n) is 16.6. The average Bonchev–Trinajstić information content (AvgIpc) is 3.08. The van der Waals surface area contributed by atoms with Crippen molar-refractivity contribution >= 4 is 17.1 Å². The number of hydrogen-bond acceptors (Lipinski definition) is 4. The molecule has 2 heterocycles. The van der Waals surface area contributed by atoms with Gasteiger partial charge in [0.1, 0.15) is 6.54 Å². The summed E-state index contributed by atoms with van der Waals surface area (Å²) in [7, 11) is 2.96. The molecular weight excluding hydrogens is 358 g/mol. The Morgan fingerprint density at radius 2 is 1.79 bits per heavy atom. The summed E-state index contributed by atoms with van der Waals surface area (Å²) < 4.78 is 3.79. The van der Waals surface area contributed by atoms with Gasteiger partial charge in [-0.05, 0) is 23.5 Å². The number of hydrogen-bond donors (Lipinski definition) is 1. The molecule has 0 aliphatic carbocycles. The maximum atomic E-state index is 12.4. The van der Waals surface area contributed by atoms with Crippen molar-refractivity contribution in [2.75, 3.05) is 6.54 Å². The van der Waals surface area contributed by atoms with Crippen LogP contribution in [0.25, 0.3) is 11.2 Å². The van der Waals surface area contributed by atoms with Gasteiger partial charge in [0.05, 0.1) is 6.33 Å². The van der Waals surface area contributed by atoms with Gasteiger partial charge in [-0.2, -0.15) is 0 Å². The Kier molecular flexibility index (Phi) is 5.48. The summed E-state index contributed by atoms with van der Waals surface area (Å²) in [6.45, 7) is 4.78. The minimum absolute atomic E-state index is 0.0315. The van der Waals surface area contributed by atoms with Crippen LogP contribution in [-0.2, 0) is 31.9 Å². The third-order valence-electron chi connectivity index (χ3n) is 4.91. The maximum absolute atomic E-state index is 12.4. The van der Waals surface area contributed by atoms with Gasteiger partial charge in [-0.25, -0.2) is 9.78 Å². The van der Waals surface area contributed by atoms with Crippen LogP contribution in [-0.4, -0.2) is 31.1 Å². The fourth-order valence-corrected chi connectivity index (χ4v) is 3.14. The van der Waals surface area contributed by atoms with Crippen LogP contribution in [0.1, 0.15) is 30.9 Å². The lowest BCUT2D eigenvalue weighted by molar-refractivity contribution is -0.121. The molecule has 8 heteroatoms. The average molecular weight is 383 g/mol.